The summed E-state index contributed by atoms with van der Waals surface area (Å²) >= 11 is 1.70. The van der Waals surface area contributed by atoms with E-state index in [1.807, 2.05) is 32.2 Å². The zero-order valence-electron chi connectivity index (χ0n) is 21.5. The molecular formula is C27H37N5O3S. The Balaban J connectivity index is 1.39. The summed E-state index contributed by atoms with van der Waals surface area (Å²) in [6.07, 6.45) is 3.50. The molecule has 36 heavy (non-hydrogen) atoms. The van der Waals surface area contributed by atoms with Gasteiger partial charge in [-0.2, -0.15) is 0 Å². The topological polar surface area (TPSA) is 74.2 Å². The number of morpholine rings is 1. The molecule has 0 bridgehead atoms. The summed E-state index contributed by atoms with van der Waals surface area (Å²) in [7, 11) is 1.73. The monoisotopic (exact) mass is 511 g/mol. The average molecular weight is 512 g/mol. The Hall–Kier alpha value is -2.46. The van der Waals surface area contributed by atoms with Crippen molar-refractivity contribution < 1.29 is 14.6 Å². The van der Waals surface area contributed by atoms with Crippen LogP contribution in [0.25, 0.3) is 10.9 Å². The first kappa shape index (κ1) is 25.2. The van der Waals surface area contributed by atoms with Crippen molar-refractivity contribution in [1.82, 2.24) is 14.9 Å². The molecule has 2 saturated heterocycles. The molecule has 0 aliphatic carbocycles. The van der Waals surface area contributed by atoms with Gasteiger partial charge in [0.15, 0.2) is 5.13 Å². The van der Waals surface area contributed by atoms with Gasteiger partial charge >= 0.3 is 0 Å². The van der Waals surface area contributed by atoms with Crippen LogP contribution in [0.15, 0.2) is 35.8 Å². The van der Waals surface area contributed by atoms with E-state index >= 15 is 0 Å². The van der Waals surface area contributed by atoms with Crippen LogP contribution >= 0.6 is 11.3 Å². The highest BCUT2D eigenvalue weighted by molar-refractivity contribution is 7.13. The lowest BCUT2D eigenvalue weighted by atomic mass is 9.96. The van der Waals surface area contributed by atoms with Gasteiger partial charge < -0.3 is 24.4 Å². The molecule has 194 valence electrons. The van der Waals surface area contributed by atoms with Crippen molar-refractivity contribution in [1.29, 1.82) is 0 Å². The van der Waals surface area contributed by atoms with E-state index in [4.69, 9.17) is 19.4 Å². The largest absolute Gasteiger partial charge is 0.494 e. The van der Waals surface area contributed by atoms with E-state index in [1.165, 1.54) is 0 Å². The minimum Gasteiger partial charge on any atom is -0.494 e. The van der Waals surface area contributed by atoms with E-state index in [0.29, 0.717) is 6.42 Å². The van der Waals surface area contributed by atoms with Gasteiger partial charge in [0, 0.05) is 56.2 Å². The first-order valence-electron chi connectivity index (χ1n) is 12.8. The van der Waals surface area contributed by atoms with E-state index in [-0.39, 0.29) is 6.04 Å². The lowest BCUT2D eigenvalue weighted by Crippen LogP contribution is -2.38. The maximum absolute atomic E-state index is 10.8. The first-order valence-corrected chi connectivity index (χ1v) is 13.7. The maximum atomic E-state index is 10.8. The highest BCUT2D eigenvalue weighted by Gasteiger charge is 2.31. The smallest absolute Gasteiger partial charge is 0.185 e. The van der Waals surface area contributed by atoms with Gasteiger partial charge in [-0.25, -0.2) is 4.98 Å². The van der Waals surface area contributed by atoms with Gasteiger partial charge in [-0.15, -0.1) is 11.3 Å². The normalized spacial score (nSPS) is 18.9. The third-order valence-corrected chi connectivity index (χ3v) is 7.96. The minimum absolute atomic E-state index is 0.0588. The molecule has 2 fully saturated rings. The molecular weight excluding hydrogens is 474 g/mol. The van der Waals surface area contributed by atoms with Crippen molar-refractivity contribution in [2.75, 3.05) is 69.4 Å². The maximum Gasteiger partial charge on any atom is 0.185 e. The molecule has 8 nitrogen and oxygen atoms in total. The Labute approximate surface area is 217 Å². The van der Waals surface area contributed by atoms with Crippen molar-refractivity contribution >= 4 is 33.1 Å². The molecule has 5 rings (SSSR count). The number of thiazole rings is 1. The molecule has 0 radical (unpaired) electrons. The third-order valence-electron chi connectivity index (χ3n) is 7.04. The second kappa shape index (κ2) is 10.9. The predicted octanol–water partition coefficient (Wildman–Crippen LogP) is 3.95. The molecule has 0 spiro atoms. The summed E-state index contributed by atoms with van der Waals surface area (Å²) in [5, 5.41) is 15.2. The summed E-state index contributed by atoms with van der Waals surface area (Å²) < 4.78 is 11.3. The highest BCUT2D eigenvalue weighted by Crippen LogP contribution is 2.37. The van der Waals surface area contributed by atoms with Crippen molar-refractivity contribution in [2.45, 2.75) is 38.3 Å². The molecule has 4 heterocycles. The Bertz CT molecular complexity index is 1160. The first-order chi connectivity index (χ1) is 17.4. The Morgan fingerprint density at radius 3 is 2.69 bits per heavy atom. The van der Waals surface area contributed by atoms with E-state index in [1.54, 1.807) is 18.4 Å². The number of methoxy groups -OCH3 is 1. The molecule has 2 aliphatic rings. The van der Waals surface area contributed by atoms with Crippen molar-refractivity contribution in [2.24, 2.45) is 0 Å². The number of fused-ring (bicyclic) bond motifs is 1. The van der Waals surface area contributed by atoms with Gasteiger partial charge in [0.1, 0.15) is 11.4 Å². The van der Waals surface area contributed by atoms with Crippen LogP contribution in [-0.2, 0) is 4.74 Å². The molecule has 3 aromatic rings. The molecule has 1 atom stereocenters. The fraction of sp³-hybridized carbons (Fsp3) is 0.556. The van der Waals surface area contributed by atoms with Crippen LogP contribution in [0.1, 0.15) is 38.4 Å². The summed E-state index contributed by atoms with van der Waals surface area (Å²) in [5.74, 6) is 0.859. The van der Waals surface area contributed by atoms with Gasteiger partial charge in [0.25, 0.3) is 0 Å². The van der Waals surface area contributed by atoms with Crippen LogP contribution in [0.4, 0.5) is 10.8 Å². The van der Waals surface area contributed by atoms with Crippen LogP contribution in [0, 0.1) is 0 Å². The van der Waals surface area contributed by atoms with Crippen molar-refractivity contribution in [3.63, 3.8) is 0 Å². The van der Waals surface area contributed by atoms with Gasteiger partial charge in [-0.1, -0.05) is 6.07 Å². The minimum atomic E-state index is -0.790. The molecule has 2 aliphatic heterocycles. The number of nitrogens with zero attached hydrogens (tertiary/aromatic N) is 5. The van der Waals surface area contributed by atoms with E-state index < -0.39 is 5.60 Å². The van der Waals surface area contributed by atoms with E-state index in [0.717, 1.165) is 92.1 Å². The van der Waals surface area contributed by atoms with Crippen LogP contribution in [0.3, 0.4) is 0 Å². The fourth-order valence-corrected chi connectivity index (χ4v) is 6.20. The SMILES string of the molecule is COc1ccc2cccnc2c1N1CCCN(C(CC(C)(C)O)c2csc(N3CCOCC3)n2)CC1. The quantitative estimate of drug-likeness (QED) is 0.511. The molecule has 1 N–H and O–H groups in total. The third kappa shape index (κ3) is 5.59. The average Bonchev–Trinajstić information content (AvgIpc) is 3.25. The lowest BCUT2D eigenvalue weighted by molar-refractivity contribution is 0.0330. The van der Waals surface area contributed by atoms with Crippen LogP contribution in [0.5, 0.6) is 5.75 Å². The summed E-state index contributed by atoms with van der Waals surface area (Å²) in [6.45, 7) is 10.6. The molecule has 1 unspecified atom stereocenters. The standard InChI is InChI=1S/C27H37N5O3S/c1-27(2,33)18-22(21-19-36-26(29-21)32-14-16-35-17-15-32)30-10-5-11-31(13-12-30)25-23(34-3)8-7-20-6-4-9-28-24(20)25/h4,6-9,19,22,33H,5,10-18H2,1-3H3. The number of rotatable bonds is 7. The molecule has 2 aromatic heterocycles. The number of aromatic nitrogens is 2. The highest BCUT2D eigenvalue weighted by atomic mass is 32.1. The second-order valence-electron chi connectivity index (χ2n) is 10.3. The summed E-state index contributed by atoms with van der Waals surface area (Å²) in [4.78, 5) is 17.0. The molecule has 9 heteroatoms. The van der Waals surface area contributed by atoms with E-state index in [2.05, 4.69) is 32.2 Å². The van der Waals surface area contributed by atoms with Crippen LogP contribution < -0.4 is 14.5 Å². The number of hydrogen-bond acceptors (Lipinski definition) is 9. The number of benzene rings is 1. The predicted molar refractivity (Wildman–Crippen MR) is 145 cm³/mol. The van der Waals surface area contributed by atoms with Crippen molar-refractivity contribution in [3.05, 3.63) is 41.5 Å². The van der Waals surface area contributed by atoms with Crippen LogP contribution in [0.2, 0.25) is 0 Å². The Morgan fingerprint density at radius 1 is 1.08 bits per heavy atom. The van der Waals surface area contributed by atoms with Crippen molar-refractivity contribution in [3.8, 4) is 5.75 Å². The van der Waals surface area contributed by atoms with Gasteiger partial charge in [-0.05, 0) is 44.9 Å². The number of anilines is 2. The summed E-state index contributed by atoms with van der Waals surface area (Å²) in [5.41, 5.74) is 2.32. The van der Waals surface area contributed by atoms with Gasteiger partial charge in [0.2, 0.25) is 0 Å². The van der Waals surface area contributed by atoms with Gasteiger partial charge in [-0.3, -0.25) is 9.88 Å². The van der Waals surface area contributed by atoms with E-state index in [9.17, 15) is 5.11 Å². The fourth-order valence-electron chi connectivity index (χ4n) is 5.28. The number of pyridine rings is 1. The summed E-state index contributed by atoms with van der Waals surface area (Å²) in [6, 6.07) is 8.25. The number of hydrogen-bond donors (Lipinski definition) is 1. The van der Waals surface area contributed by atoms with Gasteiger partial charge in [0.05, 0.1) is 43.2 Å². The second-order valence-corrected chi connectivity index (χ2v) is 11.1. The molecule has 1 aromatic carbocycles. The zero-order valence-corrected chi connectivity index (χ0v) is 22.3. The Morgan fingerprint density at radius 2 is 1.92 bits per heavy atom. The molecule has 0 amide bonds. The lowest BCUT2D eigenvalue weighted by Gasteiger charge is -2.34. The Kier molecular flexibility index (Phi) is 7.62. The molecule has 0 saturated carbocycles. The zero-order chi connectivity index (χ0) is 25.1. The van der Waals surface area contributed by atoms with Crippen LogP contribution in [-0.4, -0.2) is 85.2 Å². The number of aliphatic hydroxyl groups is 1. The number of ether oxygens (including phenoxy) is 2.